The van der Waals surface area contributed by atoms with E-state index in [1.54, 1.807) is 0 Å². The number of hydrogen-bond donors (Lipinski definition) is 2. The molecule has 2 rings (SSSR count). The van der Waals surface area contributed by atoms with Gasteiger partial charge in [0.1, 0.15) is 0 Å². The molecule has 0 aliphatic carbocycles. The van der Waals surface area contributed by atoms with Crippen molar-refractivity contribution >= 4 is 23.2 Å². The molecule has 114 valence electrons. The van der Waals surface area contributed by atoms with Gasteiger partial charge in [-0.05, 0) is 48.8 Å². The molecular formula is C18H20N2OS. The predicted octanol–water partition coefficient (Wildman–Crippen LogP) is 3.76. The lowest BCUT2D eigenvalue weighted by atomic mass is 10.0. The van der Waals surface area contributed by atoms with Crippen LogP contribution in [0.25, 0.3) is 11.1 Å². The fourth-order valence-corrected chi connectivity index (χ4v) is 2.28. The van der Waals surface area contributed by atoms with Gasteiger partial charge in [-0.2, -0.15) is 0 Å². The van der Waals surface area contributed by atoms with Crippen LogP contribution in [0.3, 0.4) is 0 Å². The van der Waals surface area contributed by atoms with Crippen molar-refractivity contribution in [2.45, 2.75) is 26.3 Å². The Kier molecular flexibility index (Phi) is 5.67. The number of benzene rings is 2. The molecule has 0 aliphatic rings. The van der Waals surface area contributed by atoms with E-state index < -0.39 is 0 Å². The molecule has 0 saturated heterocycles. The van der Waals surface area contributed by atoms with E-state index in [0.717, 1.165) is 17.5 Å². The van der Waals surface area contributed by atoms with Gasteiger partial charge in [0.25, 0.3) is 5.91 Å². The monoisotopic (exact) mass is 312 g/mol. The van der Waals surface area contributed by atoms with Crippen molar-refractivity contribution in [3.05, 3.63) is 60.2 Å². The standard InChI is InChI=1S/C18H20N2OS/c1-3-13(2)19-18(22)20-17(21)16-11-9-15(10-12-16)14-7-5-4-6-8-14/h4-13H,3H2,1-2H3,(H2,19,20,21,22). The quantitative estimate of drug-likeness (QED) is 0.845. The van der Waals surface area contributed by atoms with Crippen LogP contribution in [0, 0.1) is 0 Å². The van der Waals surface area contributed by atoms with Crippen molar-refractivity contribution in [3.8, 4) is 11.1 Å². The van der Waals surface area contributed by atoms with Gasteiger partial charge in [0, 0.05) is 11.6 Å². The van der Waals surface area contributed by atoms with Crippen LogP contribution in [0.4, 0.5) is 0 Å². The van der Waals surface area contributed by atoms with Gasteiger partial charge < -0.3 is 5.32 Å². The lowest BCUT2D eigenvalue weighted by Crippen LogP contribution is -2.43. The molecule has 0 saturated carbocycles. The third-order valence-electron chi connectivity index (χ3n) is 3.47. The summed E-state index contributed by atoms with van der Waals surface area (Å²) in [6.07, 6.45) is 0.946. The summed E-state index contributed by atoms with van der Waals surface area (Å²) in [5, 5.41) is 6.14. The molecule has 0 spiro atoms. The molecule has 0 aromatic heterocycles. The second-order valence-corrected chi connectivity index (χ2v) is 5.59. The van der Waals surface area contributed by atoms with Crippen LogP contribution in [0.5, 0.6) is 0 Å². The van der Waals surface area contributed by atoms with Crippen LogP contribution in [-0.2, 0) is 0 Å². The molecule has 2 N–H and O–H groups in total. The van der Waals surface area contributed by atoms with Gasteiger partial charge in [0.2, 0.25) is 0 Å². The SMILES string of the molecule is CCC(C)NC(=S)NC(=O)c1ccc(-c2ccccc2)cc1. The second kappa shape index (κ2) is 7.71. The summed E-state index contributed by atoms with van der Waals surface area (Å²) in [6.45, 7) is 4.08. The van der Waals surface area contributed by atoms with E-state index in [-0.39, 0.29) is 11.9 Å². The zero-order chi connectivity index (χ0) is 15.9. The van der Waals surface area contributed by atoms with E-state index in [9.17, 15) is 4.79 Å². The molecule has 1 atom stereocenters. The molecule has 0 fully saturated rings. The van der Waals surface area contributed by atoms with Crippen LogP contribution < -0.4 is 10.6 Å². The Balaban J connectivity index is 2.01. The maximum absolute atomic E-state index is 12.1. The summed E-state index contributed by atoms with van der Waals surface area (Å²) in [6, 6.07) is 17.8. The van der Waals surface area contributed by atoms with Crippen molar-refractivity contribution in [2.75, 3.05) is 0 Å². The minimum atomic E-state index is -0.194. The van der Waals surface area contributed by atoms with Crippen molar-refractivity contribution in [1.82, 2.24) is 10.6 Å². The van der Waals surface area contributed by atoms with Crippen LogP contribution in [-0.4, -0.2) is 17.1 Å². The van der Waals surface area contributed by atoms with Gasteiger partial charge in [-0.25, -0.2) is 0 Å². The smallest absolute Gasteiger partial charge is 0.257 e. The van der Waals surface area contributed by atoms with Gasteiger partial charge in [-0.1, -0.05) is 49.4 Å². The van der Waals surface area contributed by atoms with Crippen LogP contribution in [0.2, 0.25) is 0 Å². The Bertz CT molecular complexity index is 638. The topological polar surface area (TPSA) is 41.1 Å². The number of amides is 1. The number of nitrogens with one attached hydrogen (secondary N) is 2. The van der Waals surface area contributed by atoms with Crippen molar-refractivity contribution < 1.29 is 4.79 Å². The first-order valence-corrected chi connectivity index (χ1v) is 7.78. The molecule has 2 aromatic carbocycles. The molecule has 4 heteroatoms. The van der Waals surface area contributed by atoms with E-state index in [4.69, 9.17) is 12.2 Å². The van der Waals surface area contributed by atoms with E-state index in [2.05, 4.69) is 17.6 Å². The average Bonchev–Trinajstić information content (AvgIpc) is 2.55. The molecule has 0 bridgehead atoms. The summed E-state index contributed by atoms with van der Waals surface area (Å²) < 4.78 is 0. The maximum atomic E-state index is 12.1. The summed E-state index contributed by atoms with van der Waals surface area (Å²) in [5.74, 6) is -0.194. The van der Waals surface area contributed by atoms with E-state index in [1.807, 2.05) is 61.5 Å². The third-order valence-corrected chi connectivity index (χ3v) is 3.69. The van der Waals surface area contributed by atoms with Gasteiger partial charge in [-0.3, -0.25) is 10.1 Å². The molecule has 22 heavy (non-hydrogen) atoms. The predicted molar refractivity (Wildman–Crippen MR) is 94.8 cm³/mol. The number of thiocarbonyl (C=S) groups is 1. The first-order chi connectivity index (χ1) is 10.6. The highest BCUT2D eigenvalue weighted by molar-refractivity contribution is 7.80. The molecule has 0 heterocycles. The molecular weight excluding hydrogens is 292 g/mol. The van der Waals surface area contributed by atoms with Gasteiger partial charge in [0.05, 0.1) is 0 Å². The average molecular weight is 312 g/mol. The first-order valence-electron chi connectivity index (χ1n) is 7.37. The Morgan fingerprint density at radius 1 is 1.05 bits per heavy atom. The van der Waals surface area contributed by atoms with E-state index in [1.165, 1.54) is 0 Å². The van der Waals surface area contributed by atoms with Gasteiger partial charge in [-0.15, -0.1) is 0 Å². The Hall–Kier alpha value is -2.20. The number of rotatable bonds is 4. The number of carbonyl (C=O) groups excluding carboxylic acids is 1. The fourth-order valence-electron chi connectivity index (χ4n) is 1.98. The minimum absolute atomic E-state index is 0.194. The van der Waals surface area contributed by atoms with Gasteiger partial charge >= 0.3 is 0 Å². The largest absolute Gasteiger partial charge is 0.360 e. The summed E-state index contributed by atoms with van der Waals surface area (Å²) in [7, 11) is 0. The minimum Gasteiger partial charge on any atom is -0.360 e. The Morgan fingerprint density at radius 3 is 2.23 bits per heavy atom. The zero-order valence-electron chi connectivity index (χ0n) is 12.8. The van der Waals surface area contributed by atoms with Crippen molar-refractivity contribution in [3.63, 3.8) is 0 Å². The van der Waals surface area contributed by atoms with Crippen LogP contribution in [0.1, 0.15) is 30.6 Å². The molecule has 1 amide bonds. The zero-order valence-corrected chi connectivity index (χ0v) is 13.6. The summed E-state index contributed by atoms with van der Waals surface area (Å²) >= 11 is 5.13. The summed E-state index contributed by atoms with van der Waals surface area (Å²) in [5.41, 5.74) is 2.80. The van der Waals surface area contributed by atoms with E-state index >= 15 is 0 Å². The highest BCUT2D eigenvalue weighted by Crippen LogP contribution is 2.19. The lowest BCUT2D eigenvalue weighted by molar-refractivity contribution is 0.0976. The second-order valence-electron chi connectivity index (χ2n) is 5.18. The molecule has 0 radical (unpaired) electrons. The molecule has 1 unspecified atom stereocenters. The van der Waals surface area contributed by atoms with Crippen LogP contribution >= 0.6 is 12.2 Å². The maximum Gasteiger partial charge on any atom is 0.257 e. The normalized spacial score (nSPS) is 11.5. The first kappa shape index (κ1) is 16.2. The Morgan fingerprint density at radius 2 is 1.64 bits per heavy atom. The third kappa shape index (κ3) is 4.40. The Labute approximate surface area is 136 Å². The molecule has 0 aliphatic heterocycles. The fraction of sp³-hybridized carbons (Fsp3) is 0.222. The number of hydrogen-bond acceptors (Lipinski definition) is 2. The van der Waals surface area contributed by atoms with Crippen molar-refractivity contribution in [2.24, 2.45) is 0 Å². The highest BCUT2D eigenvalue weighted by atomic mass is 32.1. The van der Waals surface area contributed by atoms with Crippen LogP contribution in [0.15, 0.2) is 54.6 Å². The lowest BCUT2D eigenvalue weighted by Gasteiger charge is -2.14. The highest BCUT2D eigenvalue weighted by Gasteiger charge is 2.09. The molecule has 3 nitrogen and oxygen atoms in total. The summed E-state index contributed by atoms with van der Waals surface area (Å²) in [4.78, 5) is 12.1. The van der Waals surface area contributed by atoms with Crippen molar-refractivity contribution in [1.29, 1.82) is 0 Å². The molecule has 2 aromatic rings. The van der Waals surface area contributed by atoms with Gasteiger partial charge in [0.15, 0.2) is 5.11 Å². The number of carbonyl (C=O) groups is 1. The van der Waals surface area contributed by atoms with E-state index in [0.29, 0.717) is 10.7 Å².